The van der Waals surface area contributed by atoms with E-state index < -0.39 is 0 Å². The molecule has 4 heterocycles. The highest BCUT2D eigenvalue weighted by Crippen LogP contribution is 2.20. The lowest BCUT2D eigenvalue weighted by Gasteiger charge is -2.17. The van der Waals surface area contributed by atoms with Crippen LogP contribution in [0.1, 0.15) is 29.5 Å². The number of hydrogen-bond donors (Lipinski definition) is 1. The summed E-state index contributed by atoms with van der Waals surface area (Å²) < 4.78 is 6.89. The van der Waals surface area contributed by atoms with Gasteiger partial charge in [-0.15, -0.1) is 0 Å². The molecule has 3 aromatic rings. The van der Waals surface area contributed by atoms with Crippen LogP contribution in [0.15, 0.2) is 59.7 Å². The predicted molar refractivity (Wildman–Crippen MR) is 105 cm³/mol. The largest absolute Gasteiger partial charge is 0.469 e. The third-order valence-electron chi connectivity index (χ3n) is 5.16. The van der Waals surface area contributed by atoms with Gasteiger partial charge >= 0.3 is 0 Å². The van der Waals surface area contributed by atoms with Crippen molar-refractivity contribution < 1.29 is 14.0 Å². The number of nitrogens with one attached hydrogen (secondary N) is 1. The van der Waals surface area contributed by atoms with Gasteiger partial charge < -0.3 is 14.6 Å². The molecule has 3 aromatic heterocycles. The minimum Gasteiger partial charge on any atom is -0.469 e. The molecular formula is C21H23N5O3. The maximum Gasteiger partial charge on any atom is 0.257 e. The molecule has 0 aromatic carbocycles. The van der Waals surface area contributed by atoms with Crippen molar-refractivity contribution in [3.63, 3.8) is 0 Å². The average Bonchev–Trinajstić information content (AvgIpc) is 3.49. The first kappa shape index (κ1) is 18.9. The number of aryl methyl sites for hydroxylation is 1. The van der Waals surface area contributed by atoms with Crippen molar-refractivity contribution >= 4 is 11.8 Å². The summed E-state index contributed by atoms with van der Waals surface area (Å²) in [5, 5.41) is 7.32. The fraction of sp³-hybridized carbons (Fsp3) is 0.333. The van der Waals surface area contributed by atoms with Gasteiger partial charge in [0.1, 0.15) is 5.76 Å². The van der Waals surface area contributed by atoms with Gasteiger partial charge in [0.2, 0.25) is 5.91 Å². The number of pyridine rings is 1. The normalized spacial score (nSPS) is 18.7. The van der Waals surface area contributed by atoms with E-state index in [4.69, 9.17) is 4.42 Å². The molecule has 2 unspecified atom stereocenters. The standard InChI is InChI=1S/C21H23N5O3/c1-15-12-25(14-19(15)24-20(27)7-6-18-5-3-9-29-18)21(28)16-10-23-26(13-16)17-4-2-8-22-11-17/h2-5,8-11,13,15,19H,6-7,12,14H2,1H3,(H,24,27). The van der Waals surface area contributed by atoms with E-state index in [1.807, 2.05) is 31.2 Å². The van der Waals surface area contributed by atoms with Crippen LogP contribution in [-0.4, -0.2) is 50.6 Å². The van der Waals surface area contributed by atoms with Gasteiger partial charge in [-0.1, -0.05) is 6.92 Å². The third kappa shape index (κ3) is 4.37. The number of aromatic nitrogens is 3. The molecule has 8 heteroatoms. The molecule has 4 rings (SSSR count). The highest BCUT2D eigenvalue weighted by Gasteiger charge is 2.34. The molecule has 2 atom stereocenters. The number of likely N-dealkylation sites (tertiary alicyclic amines) is 1. The van der Waals surface area contributed by atoms with Crippen LogP contribution in [0.3, 0.4) is 0 Å². The lowest BCUT2D eigenvalue weighted by atomic mass is 10.1. The van der Waals surface area contributed by atoms with Gasteiger partial charge in [0.15, 0.2) is 0 Å². The summed E-state index contributed by atoms with van der Waals surface area (Å²) in [5.41, 5.74) is 1.31. The van der Waals surface area contributed by atoms with E-state index in [1.165, 1.54) is 0 Å². The van der Waals surface area contributed by atoms with Crippen molar-refractivity contribution in [1.82, 2.24) is 25.0 Å². The van der Waals surface area contributed by atoms with Crippen molar-refractivity contribution in [3.8, 4) is 5.69 Å². The summed E-state index contributed by atoms with van der Waals surface area (Å²) >= 11 is 0. The topological polar surface area (TPSA) is 93.3 Å². The summed E-state index contributed by atoms with van der Waals surface area (Å²) in [6.07, 6.45) is 9.18. The molecule has 0 saturated carbocycles. The Morgan fingerprint density at radius 1 is 1.24 bits per heavy atom. The monoisotopic (exact) mass is 393 g/mol. The lowest BCUT2D eigenvalue weighted by Crippen LogP contribution is -2.40. The molecule has 1 aliphatic rings. The number of amides is 2. The second-order valence-corrected chi connectivity index (χ2v) is 7.33. The Hall–Kier alpha value is -3.42. The molecule has 0 aliphatic carbocycles. The van der Waals surface area contributed by atoms with Gasteiger partial charge in [-0.3, -0.25) is 14.6 Å². The van der Waals surface area contributed by atoms with Gasteiger partial charge in [-0.25, -0.2) is 4.68 Å². The Bertz CT molecular complexity index is 967. The smallest absolute Gasteiger partial charge is 0.257 e. The number of carbonyl (C=O) groups is 2. The summed E-state index contributed by atoms with van der Waals surface area (Å²) in [6, 6.07) is 7.31. The Labute approximate surface area is 168 Å². The molecule has 2 amide bonds. The summed E-state index contributed by atoms with van der Waals surface area (Å²) in [6.45, 7) is 3.13. The van der Waals surface area contributed by atoms with E-state index >= 15 is 0 Å². The van der Waals surface area contributed by atoms with Gasteiger partial charge in [-0.05, 0) is 30.2 Å². The lowest BCUT2D eigenvalue weighted by molar-refractivity contribution is -0.122. The van der Waals surface area contributed by atoms with E-state index in [9.17, 15) is 9.59 Å². The molecule has 1 fully saturated rings. The number of hydrogen-bond acceptors (Lipinski definition) is 5. The zero-order valence-electron chi connectivity index (χ0n) is 16.2. The first-order valence-corrected chi connectivity index (χ1v) is 9.66. The van der Waals surface area contributed by atoms with Crippen molar-refractivity contribution in [1.29, 1.82) is 0 Å². The molecule has 29 heavy (non-hydrogen) atoms. The quantitative estimate of drug-likeness (QED) is 0.692. The second kappa shape index (κ2) is 8.30. The van der Waals surface area contributed by atoms with Gasteiger partial charge in [-0.2, -0.15) is 5.10 Å². The summed E-state index contributed by atoms with van der Waals surface area (Å²) in [5.74, 6) is 0.859. The number of rotatable bonds is 6. The van der Waals surface area contributed by atoms with E-state index in [1.54, 1.807) is 40.6 Å². The molecule has 0 bridgehead atoms. The molecule has 0 radical (unpaired) electrons. The Kier molecular flexibility index (Phi) is 5.41. The van der Waals surface area contributed by atoms with E-state index in [0.717, 1.165) is 11.4 Å². The van der Waals surface area contributed by atoms with Crippen molar-refractivity contribution in [3.05, 3.63) is 66.6 Å². The van der Waals surface area contributed by atoms with Gasteiger partial charge in [0.05, 0.1) is 35.9 Å². The predicted octanol–water partition coefficient (Wildman–Crippen LogP) is 2.07. The highest BCUT2D eigenvalue weighted by molar-refractivity contribution is 5.94. The van der Waals surface area contributed by atoms with Crippen molar-refractivity contribution in [2.45, 2.75) is 25.8 Å². The van der Waals surface area contributed by atoms with Crippen LogP contribution < -0.4 is 5.32 Å². The SMILES string of the molecule is CC1CN(C(=O)c2cnn(-c3cccnc3)c2)CC1NC(=O)CCc1ccco1. The van der Waals surface area contributed by atoms with Crippen LogP contribution in [-0.2, 0) is 11.2 Å². The fourth-order valence-corrected chi connectivity index (χ4v) is 3.54. The molecule has 1 aliphatic heterocycles. The summed E-state index contributed by atoms with van der Waals surface area (Å²) in [4.78, 5) is 31.0. The van der Waals surface area contributed by atoms with Crippen molar-refractivity contribution in [2.75, 3.05) is 13.1 Å². The van der Waals surface area contributed by atoms with Gasteiger partial charge in [0, 0.05) is 38.3 Å². The molecule has 1 N–H and O–H groups in total. The Morgan fingerprint density at radius 2 is 2.14 bits per heavy atom. The minimum absolute atomic E-state index is 0.0306. The molecule has 150 valence electrons. The van der Waals surface area contributed by atoms with Crippen LogP contribution in [0.4, 0.5) is 0 Å². The maximum atomic E-state index is 12.9. The van der Waals surface area contributed by atoms with E-state index in [0.29, 0.717) is 31.5 Å². The van der Waals surface area contributed by atoms with E-state index in [-0.39, 0.29) is 23.8 Å². The average molecular weight is 393 g/mol. The first-order chi connectivity index (χ1) is 14.1. The maximum absolute atomic E-state index is 12.9. The number of nitrogens with zero attached hydrogens (tertiary/aromatic N) is 4. The molecular weight excluding hydrogens is 370 g/mol. The van der Waals surface area contributed by atoms with Crippen LogP contribution in [0, 0.1) is 5.92 Å². The Balaban J connectivity index is 1.34. The summed E-state index contributed by atoms with van der Waals surface area (Å²) in [7, 11) is 0. The number of furan rings is 1. The second-order valence-electron chi connectivity index (χ2n) is 7.33. The minimum atomic E-state index is -0.0840. The first-order valence-electron chi connectivity index (χ1n) is 9.66. The third-order valence-corrected chi connectivity index (χ3v) is 5.16. The van der Waals surface area contributed by atoms with Crippen molar-refractivity contribution in [2.24, 2.45) is 5.92 Å². The van der Waals surface area contributed by atoms with Gasteiger partial charge in [0.25, 0.3) is 5.91 Å². The van der Waals surface area contributed by atoms with E-state index in [2.05, 4.69) is 15.4 Å². The molecule has 1 saturated heterocycles. The fourth-order valence-electron chi connectivity index (χ4n) is 3.54. The zero-order valence-corrected chi connectivity index (χ0v) is 16.2. The van der Waals surface area contributed by atoms with Crippen LogP contribution in [0.5, 0.6) is 0 Å². The zero-order chi connectivity index (χ0) is 20.2. The van der Waals surface area contributed by atoms with Crippen LogP contribution in [0.25, 0.3) is 5.69 Å². The Morgan fingerprint density at radius 3 is 2.90 bits per heavy atom. The number of carbonyl (C=O) groups excluding carboxylic acids is 2. The highest BCUT2D eigenvalue weighted by atomic mass is 16.3. The van der Waals surface area contributed by atoms with Crippen LogP contribution >= 0.6 is 0 Å². The molecule has 8 nitrogen and oxygen atoms in total. The molecule has 0 spiro atoms. The van der Waals surface area contributed by atoms with Crippen LogP contribution in [0.2, 0.25) is 0 Å².